The Balaban J connectivity index is 2.07. The SMILES string of the molecule is COc1ccc(N)cc1CNC1CC1. The Morgan fingerprint density at radius 3 is 2.93 bits per heavy atom. The van der Waals surface area contributed by atoms with E-state index in [1.807, 2.05) is 18.2 Å². The number of hydrogen-bond acceptors (Lipinski definition) is 3. The largest absolute Gasteiger partial charge is 0.496 e. The van der Waals surface area contributed by atoms with Crippen molar-refractivity contribution >= 4 is 5.69 Å². The fraction of sp³-hybridized carbons (Fsp3) is 0.455. The predicted molar refractivity (Wildman–Crippen MR) is 57.3 cm³/mol. The monoisotopic (exact) mass is 192 g/mol. The first-order valence-corrected chi connectivity index (χ1v) is 4.95. The van der Waals surface area contributed by atoms with Crippen LogP contribution < -0.4 is 15.8 Å². The Bertz CT molecular complexity index is 321. The molecule has 3 N–H and O–H groups in total. The van der Waals surface area contributed by atoms with Gasteiger partial charge >= 0.3 is 0 Å². The second-order valence-electron chi connectivity index (χ2n) is 3.73. The van der Waals surface area contributed by atoms with Crippen molar-refractivity contribution in [1.82, 2.24) is 5.32 Å². The predicted octanol–water partition coefficient (Wildman–Crippen LogP) is 1.53. The zero-order valence-corrected chi connectivity index (χ0v) is 8.42. The normalized spacial score (nSPS) is 15.5. The molecule has 1 aliphatic carbocycles. The van der Waals surface area contributed by atoms with Crippen LogP contribution in [0.15, 0.2) is 18.2 Å². The molecule has 3 heteroatoms. The number of nitrogen functional groups attached to an aromatic ring is 1. The van der Waals surface area contributed by atoms with Crippen molar-refractivity contribution in [2.75, 3.05) is 12.8 Å². The summed E-state index contributed by atoms with van der Waals surface area (Å²) in [6.45, 7) is 0.846. The van der Waals surface area contributed by atoms with Gasteiger partial charge in [0.1, 0.15) is 5.75 Å². The van der Waals surface area contributed by atoms with Crippen molar-refractivity contribution in [2.24, 2.45) is 0 Å². The van der Waals surface area contributed by atoms with E-state index in [0.29, 0.717) is 6.04 Å². The fourth-order valence-electron chi connectivity index (χ4n) is 1.48. The number of hydrogen-bond donors (Lipinski definition) is 2. The molecule has 1 aliphatic rings. The summed E-state index contributed by atoms with van der Waals surface area (Å²) in [6.07, 6.45) is 2.59. The van der Waals surface area contributed by atoms with Gasteiger partial charge in [-0.3, -0.25) is 0 Å². The number of nitrogens with one attached hydrogen (secondary N) is 1. The molecule has 0 spiro atoms. The molecule has 0 aliphatic heterocycles. The molecule has 1 aromatic rings. The van der Waals surface area contributed by atoms with E-state index in [2.05, 4.69) is 5.32 Å². The zero-order chi connectivity index (χ0) is 9.97. The van der Waals surface area contributed by atoms with Gasteiger partial charge in [0, 0.05) is 23.8 Å². The van der Waals surface area contributed by atoms with E-state index in [1.54, 1.807) is 7.11 Å². The van der Waals surface area contributed by atoms with E-state index in [9.17, 15) is 0 Å². The third kappa shape index (κ3) is 2.17. The van der Waals surface area contributed by atoms with Gasteiger partial charge in [0.05, 0.1) is 7.11 Å². The lowest BCUT2D eigenvalue weighted by molar-refractivity contribution is 0.407. The van der Waals surface area contributed by atoms with E-state index < -0.39 is 0 Å². The highest BCUT2D eigenvalue weighted by Crippen LogP contribution is 2.23. The highest BCUT2D eigenvalue weighted by atomic mass is 16.5. The van der Waals surface area contributed by atoms with E-state index in [0.717, 1.165) is 23.5 Å². The number of methoxy groups -OCH3 is 1. The number of ether oxygens (including phenoxy) is 1. The van der Waals surface area contributed by atoms with Gasteiger partial charge in [0.2, 0.25) is 0 Å². The lowest BCUT2D eigenvalue weighted by atomic mass is 10.2. The minimum absolute atomic E-state index is 0.709. The first kappa shape index (κ1) is 9.34. The summed E-state index contributed by atoms with van der Waals surface area (Å²) in [5.41, 5.74) is 7.65. The molecular formula is C11H16N2O. The summed E-state index contributed by atoms with van der Waals surface area (Å²) in [5.74, 6) is 0.910. The van der Waals surface area contributed by atoms with Crippen LogP contribution in [0.5, 0.6) is 5.75 Å². The quantitative estimate of drug-likeness (QED) is 0.711. The van der Waals surface area contributed by atoms with E-state index in [-0.39, 0.29) is 0 Å². The van der Waals surface area contributed by atoms with E-state index in [4.69, 9.17) is 10.5 Å². The Kier molecular flexibility index (Phi) is 2.59. The molecule has 3 nitrogen and oxygen atoms in total. The maximum Gasteiger partial charge on any atom is 0.123 e. The number of anilines is 1. The number of benzene rings is 1. The van der Waals surface area contributed by atoms with Crippen LogP contribution in [-0.2, 0) is 6.54 Å². The Morgan fingerprint density at radius 1 is 1.50 bits per heavy atom. The lowest BCUT2D eigenvalue weighted by Crippen LogP contribution is -2.16. The van der Waals surface area contributed by atoms with Crippen LogP contribution in [0.4, 0.5) is 5.69 Å². The van der Waals surface area contributed by atoms with Gasteiger partial charge in [-0.25, -0.2) is 0 Å². The highest BCUT2D eigenvalue weighted by molar-refractivity contribution is 5.47. The first-order valence-electron chi connectivity index (χ1n) is 4.95. The van der Waals surface area contributed by atoms with Crippen LogP contribution in [0.3, 0.4) is 0 Å². The molecule has 76 valence electrons. The number of nitrogens with two attached hydrogens (primary N) is 1. The summed E-state index contributed by atoms with van der Waals surface area (Å²) in [5, 5.41) is 3.44. The molecule has 0 aromatic heterocycles. The highest BCUT2D eigenvalue weighted by Gasteiger charge is 2.20. The minimum Gasteiger partial charge on any atom is -0.496 e. The maximum absolute atomic E-state index is 5.72. The molecule has 0 radical (unpaired) electrons. The molecule has 0 atom stereocenters. The molecule has 2 rings (SSSR count). The standard InChI is InChI=1S/C11H16N2O/c1-14-11-5-2-9(12)6-8(11)7-13-10-3-4-10/h2,5-6,10,13H,3-4,7,12H2,1H3. The van der Waals surface area contributed by atoms with Crippen LogP contribution in [0.1, 0.15) is 18.4 Å². The van der Waals surface area contributed by atoms with Crippen molar-refractivity contribution in [3.05, 3.63) is 23.8 Å². The second kappa shape index (κ2) is 3.88. The fourth-order valence-corrected chi connectivity index (χ4v) is 1.48. The Hall–Kier alpha value is -1.22. The number of rotatable bonds is 4. The van der Waals surface area contributed by atoms with Crippen LogP contribution in [0.2, 0.25) is 0 Å². The molecule has 0 unspecified atom stereocenters. The summed E-state index contributed by atoms with van der Waals surface area (Å²) in [6, 6.07) is 6.45. The third-order valence-electron chi connectivity index (χ3n) is 2.46. The molecule has 0 bridgehead atoms. The summed E-state index contributed by atoms with van der Waals surface area (Å²) >= 11 is 0. The van der Waals surface area contributed by atoms with Gasteiger partial charge in [0.15, 0.2) is 0 Å². The summed E-state index contributed by atoms with van der Waals surface area (Å²) in [7, 11) is 1.69. The molecular weight excluding hydrogens is 176 g/mol. The van der Waals surface area contributed by atoms with Crippen molar-refractivity contribution in [2.45, 2.75) is 25.4 Å². The summed E-state index contributed by atoms with van der Waals surface area (Å²) < 4.78 is 5.26. The average Bonchev–Trinajstić information content (AvgIpc) is 2.98. The molecule has 1 aromatic carbocycles. The average molecular weight is 192 g/mol. The second-order valence-corrected chi connectivity index (χ2v) is 3.73. The lowest BCUT2D eigenvalue weighted by Gasteiger charge is -2.09. The molecule has 14 heavy (non-hydrogen) atoms. The van der Waals surface area contributed by atoms with Gasteiger partial charge in [-0.1, -0.05) is 0 Å². The van der Waals surface area contributed by atoms with Crippen LogP contribution in [-0.4, -0.2) is 13.2 Å². The molecule has 0 heterocycles. The maximum atomic E-state index is 5.72. The van der Waals surface area contributed by atoms with Gasteiger partial charge in [-0.2, -0.15) is 0 Å². The smallest absolute Gasteiger partial charge is 0.123 e. The van der Waals surface area contributed by atoms with Crippen LogP contribution in [0.25, 0.3) is 0 Å². The van der Waals surface area contributed by atoms with Crippen LogP contribution in [0, 0.1) is 0 Å². The molecule has 0 amide bonds. The topological polar surface area (TPSA) is 47.3 Å². The molecule has 1 saturated carbocycles. The van der Waals surface area contributed by atoms with E-state index >= 15 is 0 Å². The Labute approximate surface area is 84.3 Å². The van der Waals surface area contributed by atoms with Crippen LogP contribution >= 0.6 is 0 Å². The third-order valence-corrected chi connectivity index (χ3v) is 2.46. The van der Waals surface area contributed by atoms with Gasteiger partial charge in [-0.05, 0) is 31.0 Å². The zero-order valence-electron chi connectivity index (χ0n) is 8.42. The van der Waals surface area contributed by atoms with Gasteiger partial charge in [0.25, 0.3) is 0 Å². The molecule has 0 saturated heterocycles. The minimum atomic E-state index is 0.709. The van der Waals surface area contributed by atoms with Crippen molar-refractivity contribution in [3.8, 4) is 5.75 Å². The first-order chi connectivity index (χ1) is 6.79. The van der Waals surface area contributed by atoms with E-state index in [1.165, 1.54) is 12.8 Å². The van der Waals surface area contributed by atoms with Crippen molar-refractivity contribution < 1.29 is 4.74 Å². The van der Waals surface area contributed by atoms with Crippen molar-refractivity contribution in [1.29, 1.82) is 0 Å². The van der Waals surface area contributed by atoms with Gasteiger partial charge < -0.3 is 15.8 Å². The Morgan fingerprint density at radius 2 is 2.29 bits per heavy atom. The van der Waals surface area contributed by atoms with Gasteiger partial charge in [-0.15, -0.1) is 0 Å². The van der Waals surface area contributed by atoms with Crippen molar-refractivity contribution in [3.63, 3.8) is 0 Å². The molecule has 1 fully saturated rings. The summed E-state index contributed by atoms with van der Waals surface area (Å²) in [4.78, 5) is 0.